The number of cyclic esters (lactones) is 1. The first-order valence-corrected chi connectivity index (χ1v) is 18.3. The van der Waals surface area contributed by atoms with Crippen molar-refractivity contribution in [2.75, 3.05) is 23.4 Å². The number of nitrogens with zero attached hydrogens (tertiary/aromatic N) is 5. The number of hydrogen-bond acceptors (Lipinski definition) is 10. The zero-order chi connectivity index (χ0) is 34.1. The molecule has 1 amide bonds. The lowest BCUT2D eigenvalue weighted by Crippen LogP contribution is -2.46. The molecule has 0 bridgehead atoms. The van der Waals surface area contributed by atoms with E-state index < -0.39 is 0 Å². The largest absolute Gasteiger partial charge is 0.447 e. The van der Waals surface area contributed by atoms with E-state index in [1.54, 1.807) is 27.6 Å². The molecular formula is C37H40N6O3S2. The topological polar surface area (TPSA) is 135 Å². The number of nitrogens with one attached hydrogen (secondary N) is 1. The zero-order valence-corrected chi connectivity index (χ0v) is 29.5. The Morgan fingerprint density at radius 3 is 1.98 bits per heavy atom. The number of anilines is 2. The summed E-state index contributed by atoms with van der Waals surface area (Å²) in [5.41, 5.74) is 7.34. The van der Waals surface area contributed by atoms with E-state index in [4.69, 9.17) is 25.2 Å². The van der Waals surface area contributed by atoms with Crippen LogP contribution in [-0.2, 0) is 30.4 Å². The summed E-state index contributed by atoms with van der Waals surface area (Å²) in [4.78, 5) is 26.3. The van der Waals surface area contributed by atoms with Crippen molar-refractivity contribution in [3.63, 3.8) is 0 Å². The third kappa shape index (κ3) is 5.96. The highest BCUT2D eigenvalue weighted by molar-refractivity contribution is 7.16. The van der Waals surface area contributed by atoms with Gasteiger partial charge in [0.1, 0.15) is 6.61 Å². The zero-order valence-electron chi connectivity index (χ0n) is 27.9. The number of fused-ring (bicyclic) bond motifs is 6. The van der Waals surface area contributed by atoms with Crippen molar-refractivity contribution in [2.45, 2.75) is 90.1 Å². The summed E-state index contributed by atoms with van der Waals surface area (Å²) in [6, 6.07) is 16.0. The van der Waals surface area contributed by atoms with Gasteiger partial charge in [-0.15, -0.1) is 22.7 Å². The molecular weight excluding hydrogens is 641 g/mol. The average Bonchev–Trinajstić information content (AvgIpc) is 3.85. The Kier molecular flexibility index (Phi) is 9.57. The summed E-state index contributed by atoms with van der Waals surface area (Å²) in [6.07, 6.45) is 6.78. The summed E-state index contributed by atoms with van der Waals surface area (Å²) in [7, 11) is 0. The molecule has 11 heteroatoms. The molecule has 7 rings (SSSR count). The summed E-state index contributed by atoms with van der Waals surface area (Å²) in [6.45, 7) is 8.87. The maximum atomic E-state index is 12.4. The van der Waals surface area contributed by atoms with Crippen LogP contribution in [0.4, 0.5) is 15.1 Å². The number of aliphatic hydroxyl groups excluding tert-OH is 1. The van der Waals surface area contributed by atoms with E-state index >= 15 is 0 Å². The molecule has 1 saturated heterocycles. The van der Waals surface area contributed by atoms with Crippen molar-refractivity contribution in [2.24, 2.45) is 0 Å². The number of rotatable bonds is 8. The Morgan fingerprint density at radius 1 is 0.896 bits per heavy atom. The molecule has 0 saturated carbocycles. The van der Waals surface area contributed by atoms with E-state index in [0.29, 0.717) is 17.7 Å². The first kappa shape index (κ1) is 33.6. The molecule has 48 heavy (non-hydrogen) atoms. The predicted molar refractivity (Wildman–Crippen MR) is 191 cm³/mol. The summed E-state index contributed by atoms with van der Waals surface area (Å²) in [5, 5.41) is 33.0. The fourth-order valence-corrected chi connectivity index (χ4v) is 9.05. The molecule has 248 valence electrons. The van der Waals surface area contributed by atoms with Crippen molar-refractivity contribution in [3.8, 4) is 34.7 Å². The van der Waals surface area contributed by atoms with Crippen molar-refractivity contribution in [1.82, 2.24) is 9.97 Å². The molecule has 1 fully saturated rings. The minimum Gasteiger partial charge on any atom is -0.447 e. The van der Waals surface area contributed by atoms with Crippen LogP contribution in [0.1, 0.15) is 85.4 Å². The Balaban J connectivity index is 0.000000168. The maximum absolute atomic E-state index is 12.4. The van der Waals surface area contributed by atoms with Gasteiger partial charge in [0.25, 0.3) is 0 Å². The van der Waals surface area contributed by atoms with Crippen LogP contribution in [0.2, 0.25) is 0 Å². The second-order valence-electron chi connectivity index (χ2n) is 12.6. The van der Waals surface area contributed by atoms with Gasteiger partial charge in [0.2, 0.25) is 0 Å². The van der Waals surface area contributed by atoms with Gasteiger partial charge in [0.05, 0.1) is 52.3 Å². The number of carbonyl (C=O) groups excluding carboxylic acids is 1. The van der Waals surface area contributed by atoms with Crippen molar-refractivity contribution < 1.29 is 14.6 Å². The van der Waals surface area contributed by atoms with Gasteiger partial charge in [-0.1, -0.05) is 39.8 Å². The quantitative estimate of drug-likeness (QED) is 0.191. The van der Waals surface area contributed by atoms with E-state index in [2.05, 4.69) is 45.2 Å². The molecule has 3 aliphatic rings. The SMILES string of the molecule is CCC(CC)(CO)Nc1nc2c(s1)CCc1cc(C#N)ccc1-2.CCC1(CC)COC(=O)N1c1nc2c(s1)CCc1cc(C#N)ccc1-2. The molecule has 3 heterocycles. The molecule has 0 radical (unpaired) electrons. The van der Waals surface area contributed by atoms with Crippen LogP contribution < -0.4 is 10.2 Å². The Bertz CT molecular complexity index is 1920. The number of nitriles is 2. The number of ether oxygens (including phenoxy) is 1. The van der Waals surface area contributed by atoms with E-state index in [1.807, 2.05) is 36.4 Å². The van der Waals surface area contributed by atoms with Crippen molar-refractivity contribution >= 4 is 39.0 Å². The Hall–Kier alpha value is -4.29. The van der Waals surface area contributed by atoms with E-state index in [0.717, 1.165) is 89.7 Å². The summed E-state index contributed by atoms with van der Waals surface area (Å²) >= 11 is 3.28. The molecule has 0 atom stereocenters. The third-order valence-electron chi connectivity index (χ3n) is 10.3. The van der Waals surface area contributed by atoms with Crippen LogP contribution in [-0.4, -0.2) is 45.5 Å². The van der Waals surface area contributed by atoms with E-state index in [-0.39, 0.29) is 23.8 Å². The monoisotopic (exact) mass is 680 g/mol. The molecule has 2 aromatic carbocycles. The maximum Gasteiger partial charge on any atom is 0.416 e. The second kappa shape index (κ2) is 13.7. The lowest BCUT2D eigenvalue weighted by molar-refractivity contribution is 0.171. The number of aliphatic hydroxyl groups is 1. The van der Waals surface area contributed by atoms with Crippen LogP contribution in [0.3, 0.4) is 0 Å². The first-order chi connectivity index (χ1) is 23.3. The first-order valence-electron chi connectivity index (χ1n) is 16.7. The molecule has 2 aliphatic carbocycles. The summed E-state index contributed by atoms with van der Waals surface area (Å²) < 4.78 is 5.37. The highest BCUT2D eigenvalue weighted by atomic mass is 32.1. The van der Waals surface area contributed by atoms with Crippen LogP contribution in [0.15, 0.2) is 36.4 Å². The molecule has 2 aromatic heterocycles. The fourth-order valence-electron chi connectivity index (χ4n) is 6.79. The van der Waals surface area contributed by atoms with Crippen LogP contribution >= 0.6 is 22.7 Å². The van der Waals surface area contributed by atoms with E-state index in [1.165, 1.54) is 15.3 Å². The third-order valence-corrected chi connectivity index (χ3v) is 12.4. The van der Waals surface area contributed by atoms with Crippen LogP contribution in [0.25, 0.3) is 22.5 Å². The van der Waals surface area contributed by atoms with Crippen molar-refractivity contribution in [3.05, 3.63) is 68.4 Å². The summed E-state index contributed by atoms with van der Waals surface area (Å²) in [5.74, 6) is 0. The van der Waals surface area contributed by atoms with Gasteiger partial charge in [-0.2, -0.15) is 10.5 Å². The Labute approximate surface area is 289 Å². The lowest BCUT2D eigenvalue weighted by atomic mass is 9.92. The molecule has 0 spiro atoms. The molecule has 1 aliphatic heterocycles. The van der Waals surface area contributed by atoms with Gasteiger partial charge in [-0.3, -0.25) is 0 Å². The number of thiazole rings is 2. The highest BCUT2D eigenvalue weighted by Gasteiger charge is 2.47. The number of aryl methyl sites for hydroxylation is 4. The van der Waals surface area contributed by atoms with Gasteiger partial charge in [0, 0.05) is 20.9 Å². The number of hydrogen-bond donors (Lipinski definition) is 2. The van der Waals surface area contributed by atoms with Crippen LogP contribution in [0, 0.1) is 22.7 Å². The number of carbonyl (C=O) groups is 1. The predicted octanol–water partition coefficient (Wildman–Crippen LogP) is 8.04. The number of benzene rings is 2. The normalized spacial score (nSPS) is 15.5. The highest BCUT2D eigenvalue weighted by Crippen LogP contribution is 2.44. The standard InChI is InChI=1S/C19H19N3O2S.C18H21N3OS/c1-3-19(4-2)11-24-18(23)22(19)17-21-16-14-7-5-12(10-20)9-13(14)6-8-15(16)25-17;1-3-18(4-2,11-22)21-17-20-16-14-7-5-12(10-19)9-13(14)6-8-15(16)23-17/h5,7,9H,3-4,6,8,11H2,1-2H3;5,7,9,22H,3-4,6,8,11H2,1-2H3,(H,20,21). The number of aromatic nitrogens is 2. The van der Waals surface area contributed by atoms with Gasteiger partial charge >= 0.3 is 6.09 Å². The van der Waals surface area contributed by atoms with Gasteiger partial charge < -0.3 is 15.2 Å². The minimum atomic E-state index is -0.301. The second-order valence-corrected chi connectivity index (χ2v) is 14.8. The smallest absolute Gasteiger partial charge is 0.416 e. The number of amides is 1. The molecule has 4 aromatic rings. The van der Waals surface area contributed by atoms with Gasteiger partial charge in [0.15, 0.2) is 10.3 Å². The van der Waals surface area contributed by atoms with E-state index in [9.17, 15) is 9.90 Å². The minimum absolute atomic E-state index is 0.104. The van der Waals surface area contributed by atoms with Gasteiger partial charge in [-0.25, -0.2) is 19.7 Å². The molecule has 9 nitrogen and oxygen atoms in total. The van der Waals surface area contributed by atoms with Crippen molar-refractivity contribution in [1.29, 1.82) is 10.5 Å². The van der Waals surface area contributed by atoms with Gasteiger partial charge in [-0.05, 0) is 86.8 Å². The molecule has 2 N–H and O–H groups in total. The molecule has 0 unspecified atom stereocenters. The lowest BCUT2D eigenvalue weighted by Gasteiger charge is -2.31. The van der Waals surface area contributed by atoms with Crippen LogP contribution in [0.5, 0.6) is 0 Å². The Morgan fingerprint density at radius 2 is 1.46 bits per heavy atom. The fraction of sp³-hybridized carbons (Fsp3) is 0.432. The average molecular weight is 681 g/mol.